The second-order valence-electron chi connectivity index (χ2n) is 7.28. The van der Waals surface area contributed by atoms with E-state index in [1.165, 1.54) is 6.07 Å². The fourth-order valence-corrected chi connectivity index (χ4v) is 2.53. The van der Waals surface area contributed by atoms with Crippen LogP contribution in [-0.4, -0.2) is 38.5 Å². The third kappa shape index (κ3) is 4.49. The van der Waals surface area contributed by atoms with Crippen molar-refractivity contribution in [3.8, 4) is 5.75 Å². The predicted molar refractivity (Wildman–Crippen MR) is 95.4 cm³/mol. The van der Waals surface area contributed by atoms with Gasteiger partial charge in [-0.1, -0.05) is 6.07 Å². The highest BCUT2D eigenvalue weighted by Crippen LogP contribution is 2.36. The molecule has 1 N–H and O–H groups in total. The molecule has 0 amide bonds. The summed E-state index contributed by atoms with van der Waals surface area (Å²) in [6.07, 6.45) is 3.17. The number of halogens is 1. The number of unbranched alkanes of at least 4 members (excludes halogenated alkanes) is 2. The van der Waals surface area contributed by atoms with Crippen LogP contribution in [-0.2, 0) is 9.31 Å². The van der Waals surface area contributed by atoms with Gasteiger partial charge in [0.2, 0.25) is 0 Å². The largest absolute Gasteiger partial charge is 0.497 e. The molecule has 0 atom stereocenters. The lowest BCUT2D eigenvalue weighted by molar-refractivity contribution is 0.00578. The van der Waals surface area contributed by atoms with E-state index in [1.807, 2.05) is 34.7 Å². The SMILES string of the molecule is CNCCCCCOc1ccc(B2OC(C)(C)C(C)(C)O2)c(F)c1. The zero-order valence-corrected chi connectivity index (χ0v) is 15.4. The monoisotopic (exact) mass is 337 g/mol. The molecule has 1 saturated heterocycles. The first-order valence-corrected chi connectivity index (χ1v) is 8.69. The summed E-state index contributed by atoms with van der Waals surface area (Å²) in [5.74, 6) is 0.183. The first kappa shape index (κ1) is 19.2. The molecule has 0 saturated carbocycles. The average Bonchev–Trinajstić information content (AvgIpc) is 2.71. The van der Waals surface area contributed by atoms with Gasteiger partial charge in [0.25, 0.3) is 0 Å². The average molecular weight is 337 g/mol. The van der Waals surface area contributed by atoms with Gasteiger partial charge < -0.3 is 19.4 Å². The van der Waals surface area contributed by atoms with Crippen LogP contribution in [0.1, 0.15) is 47.0 Å². The smallest absolute Gasteiger partial charge is 0.493 e. The Kier molecular flexibility index (Phi) is 6.29. The first-order chi connectivity index (χ1) is 11.3. The van der Waals surface area contributed by atoms with E-state index in [0.29, 0.717) is 17.8 Å². The van der Waals surface area contributed by atoms with E-state index in [2.05, 4.69) is 5.32 Å². The van der Waals surface area contributed by atoms with Crippen molar-refractivity contribution in [2.75, 3.05) is 20.2 Å². The van der Waals surface area contributed by atoms with Crippen molar-refractivity contribution in [2.24, 2.45) is 0 Å². The van der Waals surface area contributed by atoms with Gasteiger partial charge in [0.1, 0.15) is 11.6 Å². The molecule has 0 unspecified atom stereocenters. The molecular weight excluding hydrogens is 308 g/mol. The van der Waals surface area contributed by atoms with Gasteiger partial charge in [-0.05, 0) is 66.6 Å². The van der Waals surface area contributed by atoms with Gasteiger partial charge in [0.15, 0.2) is 0 Å². The van der Waals surface area contributed by atoms with Crippen molar-refractivity contribution < 1.29 is 18.4 Å². The maximum atomic E-state index is 14.4. The van der Waals surface area contributed by atoms with E-state index < -0.39 is 18.3 Å². The highest BCUT2D eigenvalue weighted by Gasteiger charge is 2.52. The van der Waals surface area contributed by atoms with Gasteiger partial charge in [0.05, 0.1) is 17.8 Å². The van der Waals surface area contributed by atoms with Gasteiger partial charge in [-0.25, -0.2) is 4.39 Å². The molecule has 6 heteroatoms. The number of ether oxygens (including phenoxy) is 1. The van der Waals surface area contributed by atoms with Crippen molar-refractivity contribution in [1.82, 2.24) is 5.32 Å². The third-order valence-corrected chi connectivity index (χ3v) is 4.82. The Hall–Kier alpha value is -1.11. The van der Waals surface area contributed by atoms with Gasteiger partial charge in [0, 0.05) is 11.5 Å². The minimum absolute atomic E-state index is 0.360. The second-order valence-corrected chi connectivity index (χ2v) is 7.28. The Bertz CT molecular complexity index is 535. The molecule has 1 aliphatic rings. The zero-order chi connectivity index (χ0) is 17.8. The van der Waals surface area contributed by atoms with Crippen LogP contribution in [0.25, 0.3) is 0 Å². The van der Waals surface area contributed by atoms with Crippen molar-refractivity contribution in [1.29, 1.82) is 0 Å². The van der Waals surface area contributed by atoms with Crippen LogP contribution >= 0.6 is 0 Å². The maximum absolute atomic E-state index is 14.4. The quantitative estimate of drug-likeness (QED) is 0.585. The molecule has 1 fully saturated rings. The van der Waals surface area contributed by atoms with Gasteiger partial charge in [-0.15, -0.1) is 0 Å². The summed E-state index contributed by atoms with van der Waals surface area (Å²) in [5.41, 5.74) is -0.547. The molecule has 0 aliphatic carbocycles. The molecule has 1 aromatic rings. The number of rotatable bonds is 8. The lowest BCUT2D eigenvalue weighted by Crippen LogP contribution is -2.41. The van der Waals surface area contributed by atoms with Gasteiger partial charge in [-0.2, -0.15) is 0 Å². The summed E-state index contributed by atoms with van der Waals surface area (Å²) in [7, 11) is 1.26. The van der Waals surface area contributed by atoms with E-state index in [-0.39, 0.29) is 5.82 Å². The van der Waals surface area contributed by atoms with Crippen LogP contribution in [0, 0.1) is 5.82 Å². The molecule has 1 heterocycles. The van der Waals surface area contributed by atoms with Gasteiger partial charge in [-0.3, -0.25) is 0 Å². The van der Waals surface area contributed by atoms with Crippen LogP contribution < -0.4 is 15.5 Å². The summed E-state index contributed by atoms with van der Waals surface area (Å²) < 4.78 is 31.9. The normalized spacial score (nSPS) is 18.8. The van der Waals surface area contributed by atoms with Gasteiger partial charge >= 0.3 is 7.12 Å². The topological polar surface area (TPSA) is 39.7 Å². The molecule has 24 heavy (non-hydrogen) atoms. The maximum Gasteiger partial charge on any atom is 0.497 e. The minimum Gasteiger partial charge on any atom is -0.493 e. The van der Waals surface area contributed by atoms with Crippen LogP contribution in [0.3, 0.4) is 0 Å². The fraction of sp³-hybridized carbons (Fsp3) is 0.667. The van der Waals surface area contributed by atoms with E-state index >= 15 is 0 Å². The summed E-state index contributed by atoms with van der Waals surface area (Å²) in [6.45, 7) is 9.43. The van der Waals surface area contributed by atoms with Crippen LogP contribution in [0.4, 0.5) is 4.39 Å². The Morgan fingerprint density at radius 2 is 1.75 bits per heavy atom. The van der Waals surface area contributed by atoms with Crippen molar-refractivity contribution in [3.05, 3.63) is 24.0 Å². The van der Waals surface area contributed by atoms with Crippen LogP contribution in [0.2, 0.25) is 0 Å². The van der Waals surface area contributed by atoms with E-state index in [0.717, 1.165) is 25.8 Å². The Balaban J connectivity index is 1.91. The number of nitrogens with one attached hydrogen (secondary N) is 1. The number of hydrogen-bond donors (Lipinski definition) is 1. The number of benzene rings is 1. The van der Waals surface area contributed by atoms with E-state index in [1.54, 1.807) is 12.1 Å². The lowest BCUT2D eigenvalue weighted by Gasteiger charge is -2.32. The van der Waals surface area contributed by atoms with Crippen molar-refractivity contribution in [2.45, 2.75) is 58.2 Å². The Morgan fingerprint density at radius 1 is 1.08 bits per heavy atom. The summed E-state index contributed by atoms with van der Waals surface area (Å²) in [4.78, 5) is 0. The predicted octanol–water partition coefficient (Wildman–Crippen LogP) is 2.89. The highest BCUT2D eigenvalue weighted by atomic mass is 19.1. The molecular formula is C18H29BFNO3. The highest BCUT2D eigenvalue weighted by molar-refractivity contribution is 6.62. The second kappa shape index (κ2) is 7.85. The lowest BCUT2D eigenvalue weighted by atomic mass is 9.78. The zero-order valence-electron chi connectivity index (χ0n) is 15.4. The first-order valence-electron chi connectivity index (χ1n) is 8.69. The summed E-state index contributed by atoms with van der Waals surface area (Å²) in [5, 5.41) is 3.11. The van der Waals surface area contributed by atoms with E-state index in [9.17, 15) is 4.39 Å². The van der Waals surface area contributed by atoms with Crippen LogP contribution in [0.15, 0.2) is 18.2 Å². The fourth-order valence-electron chi connectivity index (χ4n) is 2.53. The minimum atomic E-state index is -0.689. The molecule has 0 bridgehead atoms. The Morgan fingerprint density at radius 3 is 2.33 bits per heavy atom. The van der Waals surface area contributed by atoms with Crippen molar-refractivity contribution >= 4 is 12.6 Å². The van der Waals surface area contributed by atoms with E-state index in [4.69, 9.17) is 14.0 Å². The molecule has 1 aliphatic heterocycles. The molecule has 4 nitrogen and oxygen atoms in total. The molecule has 134 valence electrons. The standard InChI is InChI=1S/C18H29BFNO3/c1-17(2)18(3,4)24-19(23-17)15-10-9-14(13-16(15)20)22-12-8-6-7-11-21-5/h9-10,13,21H,6-8,11-12H2,1-5H3. The molecule has 2 rings (SSSR count). The van der Waals surface area contributed by atoms with Crippen LogP contribution in [0.5, 0.6) is 5.75 Å². The summed E-state index contributed by atoms with van der Waals surface area (Å²) >= 11 is 0. The third-order valence-electron chi connectivity index (χ3n) is 4.82. The summed E-state index contributed by atoms with van der Waals surface area (Å²) in [6, 6.07) is 4.87. The molecule has 0 spiro atoms. The molecule has 1 aromatic carbocycles. The molecule has 0 radical (unpaired) electrons. The van der Waals surface area contributed by atoms with Crippen molar-refractivity contribution in [3.63, 3.8) is 0 Å². The Labute approximate surface area is 145 Å². The number of hydrogen-bond acceptors (Lipinski definition) is 4. The molecule has 0 aromatic heterocycles.